The first-order valence-electron chi connectivity index (χ1n) is 6.45. The van der Waals surface area contributed by atoms with Gasteiger partial charge in [-0.25, -0.2) is 4.39 Å². The predicted octanol–water partition coefficient (Wildman–Crippen LogP) is 4.13. The van der Waals surface area contributed by atoms with Crippen LogP contribution in [0.25, 0.3) is 0 Å². The molecule has 0 bridgehead atoms. The molecule has 2 nitrogen and oxygen atoms in total. The first-order valence-corrected chi connectivity index (χ1v) is 7.27. The van der Waals surface area contributed by atoms with Crippen LogP contribution in [-0.2, 0) is 6.54 Å². The zero-order chi connectivity index (χ0) is 13.2. The van der Waals surface area contributed by atoms with Crippen molar-refractivity contribution in [3.8, 4) is 0 Å². The SMILES string of the molecule is Cc1occc1Sc1cc(F)cc(CNC2CC2)c1. The number of benzene rings is 1. The molecule has 1 aliphatic carbocycles. The van der Waals surface area contributed by atoms with Gasteiger partial charge < -0.3 is 9.73 Å². The molecule has 0 aliphatic heterocycles. The molecule has 0 atom stereocenters. The smallest absolute Gasteiger partial charge is 0.124 e. The van der Waals surface area contributed by atoms with Crippen LogP contribution in [0.1, 0.15) is 24.2 Å². The van der Waals surface area contributed by atoms with E-state index in [4.69, 9.17) is 4.42 Å². The maximum Gasteiger partial charge on any atom is 0.124 e. The van der Waals surface area contributed by atoms with Crippen molar-refractivity contribution in [3.63, 3.8) is 0 Å². The Morgan fingerprint density at radius 2 is 2.21 bits per heavy atom. The van der Waals surface area contributed by atoms with E-state index in [1.807, 2.05) is 19.1 Å². The minimum atomic E-state index is -0.182. The van der Waals surface area contributed by atoms with Gasteiger partial charge in [-0.1, -0.05) is 11.8 Å². The molecule has 1 heterocycles. The van der Waals surface area contributed by atoms with E-state index < -0.39 is 0 Å². The van der Waals surface area contributed by atoms with Gasteiger partial charge in [-0.3, -0.25) is 0 Å². The summed E-state index contributed by atoms with van der Waals surface area (Å²) in [5.74, 6) is 0.686. The minimum Gasteiger partial charge on any atom is -0.468 e. The average Bonchev–Trinajstić information content (AvgIpc) is 3.11. The van der Waals surface area contributed by atoms with Gasteiger partial charge in [-0.2, -0.15) is 0 Å². The van der Waals surface area contributed by atoms with Crippen LogP contribution in [0.5, 0.6) is 0 Å². The Hall–Kier alpha value is -1.26. The maximum atomic E-state index is 13.6. The van der Waals surface area contributed by atoms with Gasteiger partial charge in [0.05, 0.1) is 11.2 Å². The molecule has 100 valence electrons. The highest BCUT2D eigenvalue weighted by atomic mass is 32.2. The molecule has 1 aromatic carbocycles. The molecule has 4 heteroatoms. The third-order valence-electron chi connectivity index (χ3n) is 3.14. The fourth-order valence-electron chi connectivity index (χ4n) is 1.94. The van der Waals surface area contributed by atoms with E-state index in [9.17, 15) is 4.39 Å². The number of hydrogen-bond acceptors (Lipinski definition) is 3. The molecule has 1 saturated carbocycles. The molecule has 1 aromatic heterocycles. The zero-order valence-corrected chi connectivity index (χ0v) is 11.6. The van der Waals surface area contributed by atoms with Crippen molar-refractivity contribution in [3.05, 3.63) is 47.7 Å². The molecule has 0 amide bonds. The van der Waals surface area contributed by atoms with Gasteiger partial charge >= 0.3 is 0 Å². The number of nitrogens with one attached hydrogen (secondary N) is 1. The van der Waals surface area contributed by atoms with Crippen LogP contribution in [0, 0.1) is 12.7 Å². The van der Waals surface area contributed by atoms with Crippen molar-refractivity contribution in [2.24, 2.45) is 0 Å². The first kappa shape index (κ1) is 12.8. The second kappa shape index (κ2) is 5.39. The van der Waals surface area contributed by atoms with Crippen LogP contribution in [-0.4, -0.2) is 6.04 Å². The highest BCUT2D eigenvalue weighted by Crippen LogP contribution is 2.32. The van der Waals surface area contributed by atoms with Crippen molar-refractivity contribution in [1.82, 2.24) is 5.32 Å². The van der Waals surface area contributed by atoms with Crippen LogP contribution >= 0.6 is 11.8 Å². The Balaban J connectivity index is 1.74. The number of aryl methyl sites for hydroxylation is 1. The molecule has 19 heavy (non-hydrogen) atoms. The lowest BCUT2D eigenvalue weighted by Crippen LogP contribution is -2.15. The first-order chi connectivity index (χ1) is 9.20. The summed E-state index contributed by atoms with van der Waals surface area (Å²) in [5.41, 5.74) is 0.996. The van der Waals surface area contributed by atoms with E-state index in [0.29, 0.717) is 6.04 Å². The largest absolute Gasteiger partial charge is 0.468 e. The molecular weight excluding hydrogens is 261 g/mol. The maximum absolute atomic E-state index is 13.6. The van der Waals surface area contributed by atoms with Gasteiger partial charge in [0.2, 0.25) is 0 Å². The normalized spacial score (nSPS) is 14.8. The summed E-state index contributed by atoms with van der Waals surface area (Å²) in [6.45, 7) is 2.65. The molecule has 1 N–H and O–H groups in total. The van der Waals surface area contributed by atoms with Gasteiger partial charge in [0.15, 0.2) is 0 Å². The highest BCUT2D eigenvalue weighted by Gasteiger charge is 2.20. The lowest BCUT2D eigenvalue weighted by molar-refractivity contribution is 0.527. The molecule has 1 aliphatic rings. The second-order valence-electron chi connectivity index (χ2n) is 4.89. The van der Waals surface area contributed by atoms with Crippen LogP contribution in [0.4, 0.5) is 4.39 Å². The molecule has 0 unspecified atom stereocenters. The van der Waals surface area contributed by atoms with Crippen molar-refractivity contribution in [1.29, 1.82) is 0 Å². The number of rotatable bonds is 5. The second-order valence-corrected chi connectivity index (χ2v) is 6.01. The topological polar surface area (TPSA) is 25.2 Å². The summed E-state index contributed by atoms with van der Waals surface area (Å²) in [4.78, 5) is 1.95. The molecule has 1 fully saturated rings. The molecule has 0 radical (unpaired) electrons. The Kier molecular flexibility index (Phi) is 3.62. The fraction of sp³-hybridized carbons (Fsp3) is 0.333. The average molecular weight is 277 g/mol. The van der Waals surface area contributed by atoms with Crippen LogP contribution < -0.4 is 5.32 Å². The van der Waals surface area contributed by atoms with Crippen LogP contribution in [0.15, 0.2) is 44.7 Å². The third-order valence-corrected chi connectivity index (χ3v) is 4.26. The summed E-state index contributed by atoms with van der Waals surface area (Å²) in [7, 11) is 0. The van der Waals surface area contributed by atoms with Gasteiger partial charge in [0.25, 0.3) is 0 Å². The van der Waals surface area contributed by atoms with Crippen molar-refractivity contribution in [2.45, 2.75) is 42.1 Å². The van der Waals surface area contributed by atoms with E-state index in [1.54, 1.807) is 18.4 Å². The van der Waals surface area contributed by atoms with Gasteiger partial charge in [0, 0.05) is 17.5 Å². The quantitative estimate of drug-likeness (QED) is 0.889. The standard InChI is InChI=1S/C15H16FNOS/c1-10-15(4-5-18-10)19-14-7-11(6-12(16)8-14)9-17-13-2-3-13/h4-8,13,17H,2-3,9H2,1H3. The van der Waals surface area contributed by atoms with Crippen LogP contribution in [0.2, 0.25) is 0 Å². The molecule has 0 saturated heterocycles. The van der Waals surface area contributed by atoms with Gasteiger partial charge in [-0.15, -0.1) is 0 Å². The number of hydrogen-bond donors (Lipinski definition) is 1. The van der Waals surface area contributed by atoms with Crippen molar-refractivity contribution in [2.75, 3.05) is 0 Å². The summed E-state index contributed by atoms with van der Waals surface area (Å²) >= 11 is 1.54. The minimum absolute atomic E-state index is 0.182. The Morgan fingerprint density at radius 3 is 2.89 bits per heavy atom. The lowest BCUT2D eigenvalue weighted by Gasteiger charge is -2.06. The van der Waals surface area contributed by atoms with E-state index >= 15 is 0 Å². The molecular formula is C15H16FNOS. The fourth-order valence-corrected chi connectivity index (χ4v) is 2.89. The van der Waals surface area contributed by atoms with E-state index in [0.717, 1.165) is 27.7 Å². The zero-order valence-electron chi connectivity index (χ0n) is 10.8. The summed E-state index contributed by atoms with van der Waals surface area (Å²) in [6, 6.07) is 7.75. The van der Waals surface area contributed by atoms with Gasteiger partial charge in [0.1, 0.15) is 11.6 Å². The van der Waals surface area contributed by atoms with Crippen molar-refractivity contribution >= 4 is 11.8 Å². The van der Waals surface area contributed by atoms with Crippen LogP contribution in [0.3, 0.4) is 0 Å². The Morgan fingerprint density at radius 1 is 1.37 bits per heavy atom. The van der Waals surface area contributed by atoms with Crippen molar-refractivity contribution < 1.29 is 8.81 Å². The van der Waals surface area contributed by atoms with Gasteiger partial charge in [-0.05, 0) is 49.6 Å². The number of halogens is 1. The molecule has 0 spiro atoms. The summed E-state index contributed by atoms with van der Waals surface area (Å²) in [6.07, 6.45) is 4.14. The molecule has 3 rings (SSSR count). The summed E-state index contributed by atoms with van der Waals surface area (Å²) in [5, 5.41) is 3.40. The lowest BCUT2D eigenvalue weighted by atomic mass is 10.2. The van der Waals surface area contributed by atoms with E-state index in [-0.39, 0.29) is 5.82 Å². The monoisotopic (exact) mass is 277 g/mol. The summed E-state index contributed by atoms with van der Waals surface area (Å²) < 4.78 is 18.9. The van der Waals surface area contributed by atoms with E-state index in [2.05, 4.69) is 5.32 Å². The highest BCUT2D eigenvalue weighted by molar-refractivity contribution is 7.99. The Bertz CT molecular complexity index is 577. The predicted molar refractivity (Wildman–Crippen MR) is 73.8 cm³/mol. The Labute approximate surface area is 116 Å². The number of furan rings is 1. The molecule has 2 aromatic rings. The third kappa shape index (κ3) is 3.39. The van der Waals surface area contributed by atoms with E-state index in [1.165, 1.54) is 24.6 Å².